The first-order chi connectivity index (χ1) is 9.19. The summed E-state index contributed by atoms with van der Waals surface area (Å²) in [6, 6.07) is 9.70. The Bertz CT molecular complexity index is 435. The van der Waals surface area contributed by atoms with Crippen molar-refractivity contribution in [3.05, 3.63) is 35.6 Å². The second kappa shape index (κ2) is 6.68. The number of hydrogen-bond acceptors (Lipinski definition) is 2. The number of hydrogen-bond donors (Lipinski definition) is 1. The molecule has 2 rings (SSSR count). The van der Waals surface area contributed by atoms with E-state index >= 15 is 0 Å². The van der Waals surface area contributed by atoms with Gasteiger partial charge >= 0.3 is 0 Å². The van der Waals surface area contributed by atoms with Crippen LogP contribution in [0.15, 0.2) is 24.3 Å². The van der Waals surface area contributed by atoms with Crippen LogP contribution in [0.3, 0.4) is 0 Å². The predicted molar refractivity (Wildman–Crippen MR) is 74.1 cm³/mol. The van der Waals surface area contributed by atoms with Crippen LogP contribution in [0.5, 0.6) is 0 Å². The molecular formula is C16H21FN2. The smallest absolute Gasteiger partial charge is 0.123 e. The molecule has 1 saturated carbocycles. The molecule has 2 nitrogen and oxygen atoms in total. The maximum absolute atomic E-state index is 12.8. The first-order valence-corrected chi connectivity index (χ1v) is 7.09. The largest absolute Gasteiger partial charge is 0.310 e. The van der Waals surface area contributed by atoms with Crippen molar-refractivity contribution in [2.45, 2.75) is 51.1 Å². The van der Waals surface area contributed by atoms with Crippen LogP contribution < -0.4 is 5.32 Å². The van der Waals surface area contributed by atoms with Crippen LogP contribution in [0.4, 0.5) is 4.39 Å². The lowest BCUT2D eigenvalue weighted by Crippen LogP contribution is -2.43. The van der Waals surface area contributed by atoms with Gasteiger partial charge in [-0.25, -0.2) is 4.39 Å². The Morgan fingerprint density at radius 1 is 1.32 bits per heavy atom. The fourth-order valence-corrected chi connectivity index (χ4v) is 2.88. The monoisotopic (exact) mass is 260 g/mol. The molecule has 0 amide bonds. The van der Waals surface area contributed by atoms with E-state index in [0.29, 0.717) is 12.1 Å². The molecular weight excluding hydrogens is 239 g/mol. The zero-order valence-electron chi connectivity index (χ0n) is 11.4. The Hall–Kier alpha value is -1.40. The molecule has 0 aromatic heterocycles. The molecule has 0 saturated heterocycles. The molecule has 1 aromatic carbocycles. The SMILES string of the molecule is CC(Cc1ccc(F)cc1)NC1CCCCC1C#N. The van der Waals surface area contributed by atoms with Crippen molar-refractivity contribution in [2.24, 2.45) is 5.92 Å². The van der Waals surface area contributed by atoms with Gasteiger partial charge in [0, 0.05) is 12.1 Å². The quantitative estimate of drug-likeness (QED) is 0.900. The van der Waals surface area contributed by atoms with E-state index < -0.39 is 0 Å². The molecule has 0 bridgehead atoms. The minimum Gasteiger partial charge on any atom is -0.310 e. The van der Waals surface area contributed by atoms with Crippen molar-refractivity contribution >= 4 is 0 Å². The van der Waals surface area contributed by atoms with Crippen molar-refractivity contribution in [1.29, 1.82) is 5.26 Å². The molecule has 1 N–H and O–H groups in total. The third-order valence-corrected chi connectivity index (χ3v) is 3.89. The lowest BCUT2D eigenvalue weighted by atomic mass is 9.85. The predicted octanol–water partition coefficient (Wildman–Crippen LogP) is 3.43. The Kier molecular flexibility index (Phi) is 4.93. The fraction of sp³-hybridized carbons (Fsp3) is 0.562. The van der Waals surface area contributed by atoms with Crippen LogP contribution in [-0.2, 0) is 6.42 Å². The van der Waals surface area contributed by atoms with Crippen LogP contribution in [-0.4, -0.2) is 12.1 Å². The van der Waals surface area contributed by atoms with Crippen molar-refractivity contribution in [2.75, 3.05) is 0 Å². The van der Waals surface area contributed by atoms with Crippen LogP contribution in [0.1, 0.15) is 38.2 Å². The topological polar surface area (TPSA) is 35.8 Å². The van der Waals surface area contributed by atoms with Gasteiger partial charge in [0.25, 0.3) is 0 Å². The van der Waals surface area contributed by atoms with Crippen LogP contribution >= 0.6 is 0 Å². The van der Waals surface area contributed by atoms with Gasteiger partial charge in [0.15, 0.2) is 0 Å². The van der Waals surface area contributed by atoms with Crippen molar-refractivity contribution in [3.63, 3.8) is 0 Å². The van der Waals surface area contributed by atoms with Crippen molar-refractivity contribution in [3.8, 4) is 6.07 Å². The number of rotatable bonds is 4. The highest BCUT2D eigenvalue weighted by Gasteiger charge is 2.25. The zero-order valence-corrected chi connectivity index (χ0v) is 11.4. The van der Waals surface area contributed by atoms with Gasteiger partial charge in [0.2, 0.25) is 0 Å². The summed E-state index contributed by atoms with van der Waals surface area (Å²) in [6.45, 7) is 2.13. The molecule has 0 spiro atoms. The zero-order chi connectivity index (χ0) is 13.7. The fourth-order valence-electron chi connectivity index (χ4n) is 2.88. The van der Waals surface area contributed by atoms with E-state index in [-0.39, 0.29) is 11.7 Å². The number of nitrogens with one attached hydrogen (secondary N) is 1. The normalized spacial score (nSPS) is 24.7. The third-order valence-electron chi connectivity index (χ3n) is 3.89. The van der Waals surface area contributed by atoms with Gasteiger partial charge in [-0.2, -0.15) is 5.26 Å². The second-order valence-corrected chi connectivity index (χ2v) is 5.52. The van der Waals surface area contributed by atoms with E-state index in [1.54, 1.807) is 0 Å². The minimum absolute atomic E-state index is 0.143. The number of nitriles is 1. The highest BCUT2D eigenvalue weighted by atomic mass is 19.1. The summed E-state index contributed by atoms with van der Waals surface area (Å²) in [6.07, 6.45) is 5.35. The molecule has 19 heavy (non-hydrogen) atoms. The highest BCUT2D eigenvalue weighted by molar-refractivity contribution is 5.17. The Morgan fingerprint density at radius 2 is 2.00 bits per heavy atom. The summed E-state index contributed by atoms with van der Waals surface area (Å²) in [5, 5.41) is 12.7. The summed E-state index contributed by atoms with van der Waals surface area (Å²) in [7, 11) is 0. The summed E-state index contributed by atoms with van der Waals surface area (Å²) in [4.78, 5) is 0. The third kappa shape index (κ3) is 4.04. The summed E-state index contributed by atoms with van der Waals surface area (Å²) in [5.74, 6) is -0.0504. The van der Waals surface area contributed by atoms with Gasteiger partial charge in [-0.05, 0) is 43.9 Å². The highest BCUT2D eigenvalue weighted by Crippen LogP contribution is 2.24. The molecule has 1 fully saturated rings. The Balaban J connectivity index is 1.88. The lowest BCUT2D eigenvalue weighted by molar-refractivity contribution is 0.290. The van der Waals surface area contributed by atoms with Gasteiger partial charge in [-0.15, -0.1) is 0 Å². The molecule has 1 aliphatic rings. The summed E-state index contributed by atoms with van der Waals surface area (Å²) < 4.78 is 12.8. The Morgan fingerprint density at radius 3 is 2.68 bits per heavy atom. The molecule has 3 heteroatoms. The minimum atomic E-state index is -0.193. The second-order valence-electron chi connectivity index (χ2n) is 5.52. The molecule has 1 aromatic rings. The van der Waals surface area contributed by atoms with Crippen molar-refractivity contribution in [1.82, 2.24) is 5.32 Å². The molecule has 0 radical (unpaired) electrons. The van der Waals surface area contributed by atoms with E-state index in [2.05, 4.69) is 18.3 Å². The molecule has 1 aliphatic carbocycles. The average molecular weight is 260 g/mol. The number of nitrogens with zero attached hydrogens (tertiary/aromatic N) is 1. The molecule has 3 unspecified atom stereocenters. The standard InChI is InChI=1S/C16H21FN2/c1-12(10-13-6-8-15(17)9-7-13)19-16-5-3-2-4-14(16)11-18/h6-9,12,14,16,19H,2-5,10H2,1H3. The van der Waals surface area contributed by atoms with Gasteiger partial charge in [0.1, 0.15) is 5.82 Å². The lowest BCUT2D eigenvalue weighted by Gasteiger charge is -2.30. The molecule has 0 heterocycles. The van der Waals surface area contributed by atoms with Gasteiger partial charge in [0.05, 0.1) is 12.0 Å². The van der Waals surface area contributed by atoms with E-state index in [4.69, 9.17) is 5.26 Å². The van der Waals surface area contributed by atoms with Crippen LogP contribution in [0.25, 0.3) is 0 Å². The molecule has 102 valence electrons. The van der Waals surface area contributed by atoms with E-state index in [1.165, 1.54) is 25.0 Å². The maximum atomic E-state index is 12.8. The average Bonchev–Trinajstić information content (AvgIpc) is 2.42. The number of halogens is 1. The maximum Gasteiger partial charge on any atom is 0.123 e. The first kappa shape index (κ1) is 14.0. The van der Waals surface area contributed by atoms with Gasteiger partial charge in [-0.1, -0.05) is 25.0 Å². The summed E-state index contributed by atoms with van der Waals surface area (Å²) >= 11 is 0. The summed E-state index contributed by atoms with van der Waals surface area (Å²) in [5.41, 5.74) is 1.13. The molecule has 3 atom stereocenters. The first-order valence-electron chi connectivity index (χ1n) is 7.09. The van der Waals surface area contributed by atoms with E-state index in [9.17, 15) is 4.39 Å². The van der Waals surface area contributed by atoms with Crippen LogP contribution in [0.2, 0.25) is 0 Å². The van der Waals surface area contributed by atoms with Crippen LogP contribution in [0, 0.1) is 23.1 Å². The van der Waals surface area contributed by atoms with E-state index in [1.807, 2.05) is 12.1 Å². The Labute approximate surface area is 114 Å². The van der Waals surface area contributed by atoms with Gasteiger partial charge in [-0.3, -0.25) is 0 Å². The van der Waals surface area contributed by atoms with E-state index in [0.717, 1.165) is 24.8 Å². The van der Waals surface area contributed by atoms with Crippen molar-refractivity contribution < 1.29 is 4.39 Å². The number of benzene rings is 1. The van der Waals surface area contributed by atoms with Gasteiger partial charge < -0.3 is 5.32 Å². The molecule has 0 aliphatic heterocycles.